The second kappa shape index (κ2) is 12.0. The van der Waals surface area contributed by atoms with Crippen molar-refractivity contribution in [1.29, 1.82) is 0 Å². The van der Waals surface area contributed by atoms with Gasteiger partial charge >= 0.3 is 5.97 Å². The average Bonchev–Trinajstić information content (AvgIpc) is 3.48. The van der Waals surface area contributed by atoms with Crippen molar-refractivity contribution in [2.45, 2.75) is 70.7 Å². The molecule has 3 aliphatic heterocycles. The van der Waals surface area contributed by atoms with Gasteiger partial charge in [0, 0.05) is 31.0 Å². The molecule has 2 amide bonds. The van der Waals surface area contributed by atoms with E-state index in [1.54, 1.807) is 24.0 Å². The molecule has 224 valence electrons. The van der Waals surface area contributed by atoms with E-state index in [2.05, 4.69) is 31.9 Å². The van der Waals surface area contributed by atoms with Crippen LogP contribution in [0.2, 0.25) is 0 Å². The molecule has 1 spiro atoms. The van der Waals surface area contributed by atoms with Gasteiger partial charge in [-0.15, -0.1) is 13.2 Å². The number of likely N-dealkylation sites (tertiary alicyclic amines) is 1. The van der Waals surface area contributed by atoms with Crippen molar-refractivity contribution < 1.29 is 29.0 Å². The molecule has 1 aromatic carbocycles. The summed E-state index contributed by atoms with van der Waals surface area (Å²) in [5.74, 6) is -3.05. The summed E-state index contributed by atoms with van der Waals surface area (Å²) in [6, 6.07) is 6.08. The first-order valence-electron chi connectivity index (χ1n) is 14.7. The quantitative estimate of drug-likeness (QED) is 0.221. The molecule has 9 nitrogen and oxygen atoms in total. The van der Waals surface area contributed by atoms with Crippen LogP contribution in [0.1, 0.15) is 47.5 Å². The van der Waals surface area contributed by atoms with Gasteiger partial charge in [0.25, 0.3) is 5.91 Å². The third-order valence-corrected chi connectivity index (χ3v) is 9.41. The lowest BCUT2D eigenvalue weighted by atomic mass is 9.62. The molecule has 9 heteroatoms. The third-order valence-electron chi connectivity index (χ3n) is 9.41. The smallest absolute Gasteiger partial charge is 0.312 e. The lowest BCUT2D eigenvalue weighted by molar-refractivity contribution is -0.162. The summed E-state index contributed by atoms with van der Waals surface area (Å²) >= 11 is 0. The fourth-order valence-corrected chi connectivity index (χ4v) is 7.24. The van der Waals surface area contributed by atoms with Crippen LogP contribution in [0.3, 0.4) is 0 Å². The molecule has 3 fully saturated rings. The zero-order valence-electron chi connectivity index (χ0n) is 25.0. The first kappa shape index (κ1) is 30.8. The third kappa shape index (κ3) is 4.87. The van der Waals surface area contributed by atoms with Crippen LogP contribution in [-0.4, -0.2) is 83.9 Å². The first-order chi connectivity index (χ1) is 19.6. The van der Waals surface area contributed by atoms with E-state index < -0.39 is 41.1 Å². The maximum atomic E-state index is 14.7. The van der Waals surface area contributed by atoms with Gasteiger partial charge in [-0.25, -0.2) is 0 Å². The highest BCUT2D eigenvalue weighted by atomic mass is 16.6. The molecule has 4 rings (SSSR count). The normalized spacial score (nSPS) is 30.6. The number of hydrogen-bond acceptors (Lipinski definition) is 7. The van der Waals surface area contributed by atoms with Gasteiger partial charge in [-0.05, 0) is 70.7 Å². The predicted molar refractivity (Wildman–Crippen MR) is 158 cm³/mol. The van der Waals surface area contributed by atoms with Crippen molar-refractivity contribution in [2.24, 2.45) is 17.8 Å². The van der Waals surface area contributed by atoms with Crippen molar-refractivity contribution in [1.82, 2.24) is 4.90 Å². The monoisotopic (exact) mass is 567 g/mol. The van der Waals surface area contributed by atoms with Crippen LogP contribution in [0.15, 0.2) is 49.6 Å². The number of carbonyl (C=O) groups is 3. The molecule has 0 radical (unpaired) electrons. The standard InChI is InChI=1S/C32H45N3O6/c1-8-12-18-40-30(39)26-25-28(37)35(22(6)20-36)27(32(25)19-21(5)31(26,7)41-32)29(38)34(17-9-2)24-15-13-23(14-16-24)33(10-3)11-4/h8-9,13-16,21-22,25-27,36H,1-2,10-12,17-20H2,3-7H3/t21?,22-,25+,26+,27?,31-,32?/m1/s1. The molecule has 1 aromatic rings. The molecule has 1 N–H and O–H groups in total. The maximum absolute atomic E-state index is 14.7. The minimum Gasteiger partial charge on any atom is -0.465 e. The largest absolute Gasteiger partial charge is 0.465 e. The van der Waals surface area contributed by atoms with Crippen LogP contribution in [0.25, 0.3) is 0 Å². The number of fused-ring (bicyclic) bond motifs is 1. The van der Waals surface area contributed by atoms with E-state index in [4.69, 9.17) is 9.47 Å². The number of esters is 1. The molecule has 0 aliphatic carbocycles. The Bertz CT molecular complexity index is 1170. The second-order valence-electron chi connectivity index (χ2n) is 11.7. The lowest BCUT2D eigenvalue weighted by Crippen LogP contribution is -2.58. The number of aliphatic hydroxyl groups excluding tert-OH is 1. The molecule has 0 aromatic heterocycles. The summed E-state index contributed by atoms with van der Waals surface area (Å²) in [5.41, 5.74) is -0.476. The molecule has 0 saturated carbocycles. The van der Waals surface area contributed by atoms with Gasteiger partial charge in [-0.3, -0.25) is 14.4 Å². The van der Waals surface area contributed by atoms with Crippen LogP contribution in [-0.2, 0) is 23.9 Å². The molecule has 3 saturated heterocycles. The van der Waals surface area contributed by atoms with Gasteiger partial charge in [0.2, 0.25) is 5.91 Å². The minimum absolute atomic E-state index is 0.107. The predicted octanol–water partition coefficient (Wildman–Crippen LogP) is 3.56. The topological polar surface area (TPSA) is 99.6 Å². The van der Waals surface area contributed by atoms with E-state index in [0.717, 1.165) is 18.8 Å². The summed E-state index contributed by atoms with van der Waals surface area (Å²) in [7, 11) is 0. The number of amides is 2. The molecular formula is C32H45N3O6. The Kier molecular flexibility index (Phi) is 8.99. The zero-order valence-corrected chi connectivity index (χ0v) is 25.0. The van der Waals surface area contributed by atoms with Gasteiger partial charge in [-0.2, -0.15) is 0 Å². The lowest BCUT2D eigenvalue weighted by Gasteiger charge is -2.38. The van der Waals surface area contributed by atoms with Crippen molar-refractivity contribution in [3.05, 3.63) is 49.6 Å². The number of ether oxygens (including phenoxy) is 2. The number of hydrogen-bond donors (Lipinski definition) is 1. The molecular weight excluding hydrogens is 522 g/mol. The summed E-state index contributed by atoms with van der Waals surface area (Å²) < 4.78 is 12.3. The first-order valence-corrected chi connectivity index (χ1v) is 14.7. The zero-order chi connectivity index (χ0) is 30.1. The fraction of sp³-hybridized carbons (Fsp3) is 0.594. The van der Waals surface area contributed by atoms with Gasteiger partial charge in [0.15, 0.2) is 0 Å². The van der Waals surface area contributed by atoms with Gasteiger partial charge < -0.3 is 29.3 Å². The summed E-state index contributed by atoms with van der Waals surface area (Å²) in [4.78, 5) is 47.6. The van der Waals surface area contributed by atoms with E-state index in [1.165, 1.54) is 4.90 Å². The Labute approximate surface area is 243 Å². The minimum atomic E-state index is -1.23. The number of rotatable bonds is 13. The van der Waals surface area contributed by atoms with E-state index in [1.807, 2.05) is 38.1 Å². The molecule has 3 aliphatic rings. The van der Waals surface area contributed by atoms with Crippen LogP contribution in [0.5, 0.6) is 0 Å². The van der Waals surface area contributed by atoms with E-state index in [-0.39, 0.29) is 37.5 Å². The van der Waals surface area contributed by atoms with E-state index >= 15 is 0 Å². The number of carbonyl (C=O) groups excluding carboxylic acids is 3. The van der Waals surface area contributed by atoms with Crippen LogP contribution in [0.4, 0.5) is 11.4 Å². The SMILES string of the molecule is C=CCCOC(=O)[C@@H]1[C@H]2C(=O)N([C@H](C)CO)C(C(=O)N(CC=C)c3ccc(N(CC)CC)cc3)C23CC(C)[C@@]1(C)O3. The molecule has 2 bridgehead atoms. The molecule has 7 atom stereocenters. The number of benzene rings is 1. The maximum Gasteiger partial charge on any atom is 0.312 e. The number of aliphatic hydroxyl groups is 1. The number of anilines is 2. The van der Waals surface area contributed by atoms with Crippen molar-refractivity contribution in [3.8, 4) is 0 Å². The summed E-state index contributed by atoms with van der Waals surface area (Å²) in [6.07, 6.45) is 4.25. The molecule has 41 heavy (non-hydrogen) atoms. The highest BCUT2D eigenvalue weighted by Gasteiger charge is 2.80. The van der Waals surface area contributed by atoms with Crippen LogP contribution >= 0.6 is 0 Å². The fourth-order valence-electron chi connectivity index (χ4n) is 7.24. The van der Waals surface area contributed by atoms with E-state index in [0.29, 0.717) is 18.5 Å². The van der Waals surface area contributed by atoms with Crippen LogP contribution in [0, 0.1) is 17.8 Å². The summed E-state index contributed by atoms with van der Waals surface area (Å²) in [5, 5.41) is 10.2. The Balaban J connectivity index is 1.77. The average molecular weight is 568 g/mol. The second-order valence-corrected chi connectivity index (χ2v) is 11.7. The van der Waals surface area contributed by atoms with Crippen molar-refractivity contribution >= 4 is 29.2 Å². The Hall–Kier alpha value is -3.17. The van der Waals surface area contributed by atoms with Gasteiger partial charge in [0.1, 0.15) is 17.6 Å². The molecule has 3 unspecified atom stereocenters. The van der Waals surface area contributed by atoms with Crippen molar-refractivity contribution in [2.75, 3.05) is 42.6 Å². The Morgan fingerprint density at radius 1 is 1.20 bits per heavy atom. The summed E-state index contributed by atoms with van der Waals surface area (Å²) in [6.45, 7) is 19.1. The van der Waals surface area contributed by atoms with Gasteiger partial charge in [0.05, 0.1) is 30.8 Å². The Morgan fingerprint density at radius 2 is 1.83 bits per heavy atom. The Morgan fingerprint density at radius 3 is 2.39 bits per heavy atom. The van der Waals surface area contributed by atoms with E-state index in [9.17, 15) is 19.5 Å². The highest BCUT2D eigenvalue weighted by molar-refractivity contribution is 6.05. The number of nitrogens with zero attached hydrogens (tertiary/aromatic N) is 3. The van der Waals surface area contributed by atoms with Gasteiger partial charge in [-0.1, -0.05) is 19.1 Å². The van der Waals surface area contributed by atoms with Crippen molar-refractivity contribution in [3.63, 3.8) is 0 Å². The van der Waals surface area contributed by atoms with Crippen LogP contribution < -0.4 is 9.80 Å². The highest BCUT2D eigenvalue weighted by Crippen LogP contribution is 2.65. The molecule has 3 heterocycles.